The number of hydrogen-bond acceptors (Lipinski definition) is 6. The SMILES string of the molecule is c1ccc(CNc2nc(-c3ccc4nsnc4c3)cs2)cc1. The highest BCUT2D eigenvalue weighted by Crippen LogP contribution is 2.27. The third-order valence-electron chi connectivity index (χ3n) is 3.34. The summed E-state index contributed by atoms with van der Waals surface area (Å²) in [5.74, 6) is 0. The summed E-state index contributed by atoms with van der Waals surface area (Å²) < 4.78 is 8.50. The Hall–Kier alpha value is -2.31. The molecule has 0 aliphatic heterocycles. The molecule has 0 saturated carbocycles. The van der Waals surface area contributed by atoms with Crippen molar-refractivity contribution < 1.29 is 0 Å². The van der Waals surface area contributed by atoms with Crippen molar-refractivity contribution in [2.24, 2.45) is 0 Å². The standard InChI is InChI=1S/C16H12N4S2/c1-2-4-11(5-3-1)9-17-16-18-15(10-21-16)12-6-7-13-14(8-12)20-22-19-13/h1-8,10H,9H2,(H,17,18). The monoisotopic (exact) mass is 324 g/mol. The zero-order valence-electron chi connectivity index (χ0n) is 11.6. The number of nitrogens with zero attached hydrogens (tertiary/aromatic N) is 3. The molecule has 0 amide bonds. The third-order valence-corrected chi connectivity index (χ3v) is 4.70. The predicted molar refractivity (Wildman–Crippen MR) is 92.3 cm³/mol. The lowest BCUT2D eigenvalue weighted by atomic mass is 10.1. The van der Waals surface area contributed by atoms with E-state index in [9.17, 15) is 0 Å². The van der Waals surface area contributed by atoms with Gasteiger partial charge < -0.3 is 5.32 Å². The topological polar surface area (TPSA) is 50.7 Å². The molecule has 0 atom stereocenters. The first kappa shape index (κ1) is 13.4. The van der Waals surface area contributed by atoms with Crippen molar-refractivity contribution in [2.45, 2.75) is 6.54 Å². The van der Waals surface area contributed by atoms with Crippen LogP contribution in [0.3, 0.4) is 0 Å². The molecule has 0 spiro atoms. The zero-order chi connectivity index (χ0) is 14.8. The van der Waals surface area contributed by atoms with Gasteiger partial charge in [0.2, 0.25) is 0 Å². The fraction of sp³-hybridized carbons (Fsp3) is 0.0625. The summed E-state index contributed by atoms with van der Waals surface area (Å²) >= 11 is 2.85. The first-order valence-electron chi connectivity index (χ1n) is 6.84. The summed E-state index contributed by atoms with van der Waals surface area (Å²) in [7, 11) is 0. The molecule has 0 unspecified atom stereocenters. The van der Waals surface area contributed by atoms with E-state index >= 15 is 0 Å². The zero-order valence-corrected chi connectivity index (χ0v) is 13.2. The fourth-order valence-electron chi connectivity index (χ4n) is 2.20. The largest absolute Gasteiger partial charge is 0.357 e. The van der Waals surface area contributed by atoms with Crippen LogP contribution in [0.15, 0.2) is 53.9 Å². The Labute approximate surface area is 135 Å². The number of rotatable bonds is 4. The summed E-state index contributed by atoms with van der Waals surface area (Å²) in [5.41, 5.74) is 5.15. The van der Waals surface area contributed by atoms with Crippen molar-refractivity contribution in [2.75, 3.05) is 5.32 Å². The average Bonchev–Trinajstić information content (AvgIpc) is 3.22. The fourth-order valence-corrected chi connectivity index (χ4v) is 3.44. The van der Waals surface area contributed by atoms with Crippen molar-refractivity contribution in [1.82, 2.24) is 13.7 Å². The normalized spacial score (nSPS) is 10.9. The number of fused-ring (bicyclic) bond motifs is 1. The number of hydrogen-bond donors (Lipinski definition) is 1. The molecule has 0 aliphatic carbocycles. The second-order valence-corrected chi connectivity index (χ2v) is 6.23. The van der Waals surface area contributed by atoms with Gasteiger partial charge in [-0.25, -0.2) is 4.98 Å². The maximum atomic E-state index is 4.65. The van der Waals surface area contributed by atoms with Gasteiger partial charge in [-0.1, -0.05) is 36.4 Å². The molecule has 4 rings (SSSR count). The molecule has 4 aromatic rings. The van der Waals surface area contributed by atoms with Crippen LogP contribution in [0.1, 0.15) is 5.56 Å². The highest BCUT2D eigenvalue weighted by Gasteiger charge is 2.07. The van der Waals surface area contributed by atoms with Gasteiger partial charge in [-0.15, -0.1) is 11.3 Å². The predicted octanol–water partition coefficient (Wildman–Crippen LogP) is 4.43. The Morgan fingerprint density at radius 1 is 0.955 bits per heavy atom. The molecule has 0 fully saturated rings. The van der Waals surface area contributed by atoms with E-state index in [-0.39, 0.29) is 0 Å². The van der Waals surface area contributed by atoms with Crippen molar-refractivity contribution >= 4 is 39.2 Å². The number of aromatic nitrogens is 3. The molecule has 0 aliphatic rings. The van der Waals surface area contributed by atoms with E-state index in [1.165, 1.54) is 17.3 Å². The molecule has 2 aromatic heterocycles. The quantitative estimate of drug-likeness (QED) is 0.603. The Balaban J connectivity index is 1.53. The van der Waals surface area contributed by atoms with Gasteiger partial charge in [-0.2, -0.15) is 8.75 Å². The van der Waals surface area contributed by atoms with E-state index in [1.807, 2.05) is 36.4 Å². The van der Waals surface area contributed by atoms with Crippen LogP contribution in [0.4, 0.5) is 5.13 Å². The van der Waals surface area contributed by atoms with Gasteiger partial charge in [0.15, 0.2) is 5.13 Å². The van der Waals surface area contributed by atoms with Crippen LogP contribution >= 0.6 is 23.1 Å². The molecule has 22 heavy (non-hydrogen) atoms. The molecule has 2 aromatic carbocycles. The van der Waals surface area contributed by atoms with Gasteiger partial charge in [0.1, 0.15) is 11.0 Å². The lowest BCUT2D eigenvalue weighted by Gasteiger charge is -2.02. The van der Waals surface area contributed by atoms with E-state index in [0.29, 0.717) is 0 Å². The van der Waals surface area contributed by atoms with E-state index in [4.69, 9.17) is 0 Å². The molecule has 6 heteroatoms. The number of benzene rings is 2. The number of nitrogens with one attached hydrogen (secondary N) is 1. The van der Waals surface area contributed by atoms with Gasteiger partial charge in [-0.05, 0) is 17.7 Å². The summed E-state index contributed by atoms with van der Waals surface area (Å²) in [6.07, 6.45) is 0. The lowest BCUT2D eigenvalue weighted by Crippen LogP contribution is -1.98. The number of thiazole rings is 1. The van der Waals surface area contributed by atoms with Crippen LogP contribution in [0.25, 0.3) is 22.3 Å². The van der Waals surface area contributed by atoms with Gasteiger partial charge in [0.25, 0.3) is 0 Å². The second-order valence-electron chi connectivity index (χ2n) is 4.84. The second kappa shape index (κ2) is 5.82. The third kappa shape index (κ3) is 2.70. The molecule has 0 bridgehead atoms. The van der Waals surface area contributed by atoms with Crippen molar-refractivity contribution in [3.8, 4) is 11.3 Å². The summed E-state index contributed by atoms with van der Waals surface area (Å²) in [5, 5.41) is 6.35. The van der Waals surface area contributed by atoms with Crippen LogP contribution in [0, 0.1) is 0 Å². The van der Waals surface area contributed by atoms with Crippen LogP contribution in [-0.2, 0) is 6.54 Å². The van der Waals surface area contributed by atoms with Crippen molar-refractivity contribution in [3.05, 3.63) is 59.5 Å². The molecule has 0 saturated heterocycles. The van der Waals surface area contributed by atoms with Crippen molar-refractivity contribution in [3.63, 3.8) is 0 Å². The van der Waals surface area contributed by atoms with Crippen LogP contribution < -0.4 is 5.32 Å². The minimum Gasteiger partial charge on any atom is -0.357 e. The van der Waals surface area contributed by atoms with E-state index in [1.54, 1.807) is 11.3 Å². The average molecular weight is 324 g/mol. The Kier molecular flexibility index (Phi) is 3.54. The van der Waals surface area contributed by atoms with Crippen LogP contribution in [0.2, 0.25) is 0 Å². The summed E-state index contributed by atoms with van der Waals surface area (Å²) in [6, 6.07) is 16.4. The van der Waals surface area contributed by atoms with E-state index < -0.39 is 0 Å². The number of anilines is 1. The van der Waals surface area contributed by atoms with Gasteiger partial charge in [-0.3, -0.25) is 0 Å². The van der Waals surface area contributed by atoms with Gasteiger partial charge in [0.05, 0.1) is 17.4 Å². The smallest absolute Gasteiger partial charge is 0.183 e. The van der Waals surface area contributed by atoms with Crippen molar-refractivity contribution in [1.29, 1.82) is 0 Å². The minimum absolute atomic E-state index is 0.781. The van der Waals surface area contributed by atoms with Crippen LogP contribution in [0.5, 0.6) is 0 Å². The lowest BCUT2D eigenvalue weighted by molar-refractivity contribution is 1.14. The van der Waals surface area contributed by atoms with E-state index in [0.717, 1.165) is 34.0 Å². The molecule has 1 N–H and O–H groups in total. The molecule has 0 radical (unpaired) electrons. The maximum Gasteiger partial charge on any atom is 0.183 e. The Morgan fingerprint density at radius 3 is 2.73 bits per heavy atom. The Bertz CT molecular complexity index is 899. The Morgan fingerprint density at radius 2 is 1.82 bits per heavy atom. The first-order chi connectivity index (χ1) is 10.9. The molecule has 2 heterocycles. The minimum atomic E-state index is 0.781. The molecular weight excluding hydrogens is 312 g/mol. The van der Waals surface area contributed by atoms with E-state index in [2.05, 4.69) is 36.6 Å². The van der Waals surface area contributed by atoms with Crippen LogP contribution in [-0.4, -0.2) is 13.7 Å². The summed E-state index contributed by atoms with van der Waals surface area (Å²) in [4.78, 5) is 4.65. The molecule has 108 valence electrons. The van der Waals surface area contributed by atoms with Gasteiger partial charge in [0, 0.05) is 17.5 Å². The first-order valence-corrected chi connectivity index (χ1v) is 8.45. The van der Waals surface area contributed by atoms with Gasteiger partial charge >= 0.3 is 0 Å². The maximum absolute atomic E-state index is 4.65. The molecular formula is C16H12N4S2. The molecule has 4 nitrogen and oxygen atoms in total. The highest BCUT2D eigenvalue weighted by molar-refractivity contribution is 7.14. The summed E-state index contributed by atoms with van der Waals surface area (Å²) in [6.45, 7) is 0.781. The highest BCUT2D eigenvalue weighted by atomic mass is 32.1.